The molecule has 94 valence electrons. The molecule has 2 fully saturated rings. The van der Waals surface area contributed by atoms with Crippen LogP contribution in [0.2, 0.25) is 0 Å². The molecular weight excluding hydrogens is 200 g/mol. The van der Waals surface area contributed by atoms with E-state index < -0.39 is 0 Å². The van der Waals surface area contributed by atoms with Crippen LogP contribution in [0.15, 0.2) is 0 Å². The minimum atomic E-state index is 0.510. The molecule has 2 atom stereocenters. The fourth-order valence-corrected chi connectivity index (χ4v) is 2.95. The highest BCUT2D eigenvalue weighted by atomic mass is 16.5. The number of methoxy groups -OCH3 is 1. The van der Waals surface area contributed by atoms with Gasteiger partial charge >= 0.3 is 0 Å². The third kappa shape index (κ3) is 3.72. The van der Waals surface area contributed by atoms with Crippen LogP contribution < -0.4 is 5.32 Å². The van der Waals surface area contributed by atoms with Gasteiger partial charge in [-0.05, 0) is 64.7 Å². The third-order valence-corrected chi connectivity index (χ3v) is 4.00. The van der Waals surface area contributed by atoms with E-state index in [4.69, 9.17) is 4.74 Å². The Hall–Kier alpha value is -0.120. The number of rotatable bonds is 6. The molecule has 0 aromatic heterocycles. The number of likely N-dealkylation sites (tertiary alicyclic amines) is 1. The van der Waals surface area contributed by atoms with Gasteiger partial charge in [-0.2, -0.15) is 0 Å². The van der Waals surface area contributed by atoms with Crippen LogP contribution in [0.25, 0.3) is 0 Å². The quantitative estimate of drug-likeness (QED) is 0.697. The Kier molecular flexibility index (Phi) is 5.07. The van der Waals surface area contributed by atoms with Gasteiger partial charge in [0.2, 0.25) is 0 Å². The van der Waals surface area contributed by atoms with Crippen LogP contribution in [-0.4, -0.2) is 50.3 Å². The van der Waals surface area contributed by atoms with Crippen LogP contribution >= 0.6 is 0 Å². The summed E-state index contributed by atoms with van der Waals surface area (Å²) in [5.74, 6) is 0. The summed E-state index contributed by atoms with van der Waals surface area (Å²) in [6.07, 6.45) is 8.37. The predicted molar refractivity (Wildman–Crippen MR) is 66.7 cm³/mol. The van der Waals surface area contributed by atoms with Crippen molar-refractivity contribution >= 4 is 0 Å². The zero-order valence-corrected chi connectivity index (χ0v) is 10.6. The maximum atomic E-state index is 5.38. The first-order valence-corrected chi connectivity index (χ1v) is 6.87. The zero-order valence-electron chi connectivity index (χ0n) is 10.6. The fourth-order valence-electron chi connectivity index (χ4n) is 2.95. The Bertz CT molecular complexity index is 192. The highest BCUT2D eigenvalue weighted by molar-refractivity contribution is 4.81. The molecule has 3 heteroatoms. The molecule has 0 spiro atoms. The first-order valence-electron chi connectivity index (χ1n) is 6.87. The summed E-state index contributed by atoms with van der Waals surface area (Å²) < 4.78 is 5.38. The van der Waals surface area contributed by atoms with Crippen molar-refractivity contribution in [1.29, 1.82) is 0 Å². The largest absolute Gasteiger partial charge is 0.381 e. The highest BCUT2D eigenvalue weighted by Gasteiger charge is 2.23. The van der Waals surface area contributed by atoms with Gasteiger partial charge in [-0.1, -0.05) is 0 Å². The lowest BCUT2D eigenvalue weighted by Crippen LogP contribution is -2.30. The van der Waals surface area contributed by atoms with Gasteiger partial charge in [0.25, 0.3) is 0 Å². The Balaban J connectivity index is 1.48. The van der Waals surface area contributed by atoms with Crippen LogP contribution in [-0.2, 0) is 4.74 Å². The molecule has 0 bridgehead atoms. The lowest BCUT2D eigenvalue weighted by molar-refractivity contribution is 0.107. The summed E-state index contributed by atoms with van der Waals surface area (Å²) in [4.78, 5) is 2.59. The Morgan fingerprint density at radius 2 is 2.06 bits per heavy atom. The second kappa shape index (κ2) is 6.58. The number of ether oxygens (including phenoxy) is 1. The van der Waals surface area contributed by atoms with Gasteiger partial charge in [0.15, 0.2) is 0 Å². The molecule has 1 heterocycles. The third-order valence-electron chi connectivity index (χ3n) is 4.00. The summed E-state index contributed by atoms with van der Waals surface area (Å²) in [6.45, 7) is 5.12. The van der Waals surface area contributed by atoms with Crippen LogP contribution in [0.1, 0.15) is 38.5 Å². The Labute approximate surface area is 99.5 Å². The maximum absolute atomic E-state index is 5.38. The molecule has 3 nitrogen and oxygen atoms in total. The molecule has 1 saturated carbocycles. The van der Waals surface area contributed by atoms with E-state index in [0.29, 0.717) is 12.1 Å². The number of nitrogens with one attached hydrogen (secondary N) is 1. The maximum Gasteiger partial charge on any atom is 0.0586 e. The standard InChI is InChI=1S/C13H26N2O/c1-16-13-6-5-12(11-13)14-7-4-10-15-8-2-3-9-15/h12-14H,2-11H2,1H3. The molecule has 2 unspecified atom stereocenters. The molecule has 1 N–H and O–H groups in total. The molecule has 1 saturated heterocycles. The predicted octanol–water partition coefficient (Wildman–Crippen LogP) is 1.63. The van der Waals surface area contributed by atoms with Crippen molar-refractivity contribution in [3.8, 4) is 0 Å². The van der Waals surface area contributed by atoms with Crippen LogP contribution in [0, 0.1) is 0 Å². The smallest absolute Gasteiger partial charge is 0.0586 e. The SMILES string of the molecule is COC1CCC(NCCCN2CCCC2)C1. The van der Waals surface area contributed by atoms with Crippen molar-refractivity contribution < 1.29 is 4.74 Å². The van der Waals surface area contributed by atoms with E-state index in [1.54, 1.807) is 0 Å². The molecule has 0 amide bonds. The van der Waals surface area contributed by atoms with E-state index >= 15 is 0 Å². The number of nitrogens with zero attached hydrogens (tertiary/aromatic N) is 1. The monoisotopic (exact) mass is 226 g/mol. The first-order chi connectivity index (χ1) is 7.88. The van der Waals surface area contributed by atoms with Crippen LogP contribution in [0.3, 0.4) is 0 Å². The van der Waals surface area contributed by atoms with Crippen molar-refractivity contribution in [3.63, 3.8) is 0 Å². The minimum Gasteiger partial charge on any atom is -0.381 e. The lowest BCUT2D eigenvalue weighted by Gasteiger charge is -2.16. The summed E-state index contributed by atoms with van der Waals surface area (Å²) in [5.41, 5.74) is 0. The van der Waals surface area contributed by atoms with Crippen LogP contribution in [0.4, 0.5) is 0 Å². The van der Waals surface area contributed by atoms with E-state index in [1.807, 2.05) is 7.11 Å². The average Bonchev–Trinajstić information content (AvgIpc) is 2.95. The van der Waals surface area contributed by atoms with Crippen molar-refractivity contribution in [2.75, 3.05) is 33.3 Å². The van der Waals surface area contributed by atoms with E-state index in [0.717, 1.165) is 0 Å². The van der Waals surface area contributed by atoms with Crippen molar-refractivity contribution in [2.45, 2.75) is 50.7 Å². The van der Waals surface area contributed by atoms with E-state index in [9.17, 15) is 0 Å². The van der Waals surface area contributed by atoms with Gasteiger partial charge in [-0.15, -0.1) is 0 Å². The molecule has 1 aliphatic heterocycles. The molecular formula is C13H26N2O. The molecule has 0 aromatic carbocycles. The molecule has 0 radical (unpaired) electrons. The van der Waals surface area contributed by atoms with Crippen molar-refractivity contribution in [1.82, 2.24) is 10.2 Å². The normalized spacial score (nSPS) is 31.3. The summed E-state index contributed by atoms with van der Waals surface area (Å²) in [6, 6.07) is 0.712. The highest BCUT2D eigenvalue weighted by Crippen LogP contribution is 2.21. The Morgan fingerprint density at radius 3 is 2.75 bits per heavy atom. The van der Waals surface area contributed by atoms with Gasteiger partial charge in [0, 0.05) is 13.2 Å². The van der Waals surface area contributed by atoms with E-state index in [2.05, 4.69) is 10.2 Å². The van der Waals surface area contributed by atoms with Gasteiger partial charge in [-0.3, -0.25) is 0 Å². The average molecular weight is 226 g/mol. The second-order valence-electron chi connectivity index (χ2n) is 5.22. The Morgan fingerprint density at radius 1 is 1.25 bits per heavy atom. The first kappa shape index (κ1) is 12.3. The number of hydrogen-bond donors (Lipinski definition) is 1. The molecule has 16 heavy (non-hydrogen) atoms. The lowest BCUT2D eigenvalue weighted by atomic mass is 10.2. The van der Waals surface area contributed by atoms with E-state index in [-0.39, 0.29) is 0 Å². The van der Waals surface area contributed by atoms with Crippen LogP contribution in [0.5, 0.6) is 0 Å². The van der Waals surface area contributed by atoms with Crippen molar-refractivity contribution in [2.24, 2.45) is 0 Å². The van der Waals surface area contributed by atoms with Gasteiger partial charge in [-0.25, -0.2) is 0 Å². The zero-order chi connectivity index (χ0) is 11.2. The summed E-state index contributed by atoms with van der Waals surface area (Å²) >= 11 is 0. The molecule has 2 rings (SSSR count). The van der Waals surface area contributed by atoms with E-state index in [1.165, 1.54) is 64.7 Å². The van der Waals surface area contributed by atoms with Gasteiger partial charge < -0.3 is 15.0 Å². The second-order valence-corrected chi connectivity index (χ2v) is 5.22. The molecule has 0 aromatic rings. The number of hydrogen-bond acceptors (Lipinski definition) is 3. The topological polar surface area (TPSA) is 24.5 Å². The summed E-state index contributed by atoms with van der Waals surface area (Å²) in [7, 11) is 1.83. The van der Waals surface area contributed by atoms with Gasteiger partial charge in [0.05, 0.1) is 6.10 Å². The minimum absolute atomic E-state index is 0.510. The fraction of sp³-hybridized carbons (Fsp3) is 1.00. The van der Waals surface area contributed by atoms with Gasteiger partial charge in [0.1, 0.15) is 0 Å². The molecule has 1 aliphatic carbocycles. The summed E-state index contributed by atoms with van der Waals surface area (Å²) in [5, 5.41) is 3.66. The molecule has 2 aliphatic rings. The van der Waals surface area contributed by atoms with Crippen molar-refractivity contribution in [3.05, 3.63) is 0 Å².